The van der Waals surface area contributed by atoms with Crippen LogP contribution in [0, 0.1) is 6.92 Å². The molecule has 0 unspecified atom stereocenters. The minimum absolute atomic E-state index is 0.0861. The number of sulfone groups is 1. The van der Waals surface area contributed by atoms with Crippen LogP contribution in [0.25, 0.3) is 0 Å². The third kappa shape index (κ3) is 2.10. The van der Waals surface area contributed by atoms with Crippen molar-refractivity contribution >= 4 is 27.1 Å². The van der Waals surface area contributed by atoms with E-state index in [0.717, 1.165) is 6.07 Å². The molecule has 1 aromatic carbocycles. The quantitative estimate of drug-likeness (QED) is 0.800. The van der Waals surface area contributed by atoms with Crippen LogP contribution in [-0.2, 0) is 9.84 Å². The Labute approximate surface area is 94.9 Å². The monoisotopic (exact) mass is 273 g/mol. The van der Waals surface area contributed by atoms with Gasteiger partial charge in [-0.15, -0.1) is 0 Å². The van der Waals surface area contributed by atoms with E-state index in [1.807, 2.05) is 0 Å². The van der Waals surface area contributed by atoms with E-state index in [1.54, 1.807) is 0 Å². The number of nitrogens with two attached hydrogens (primary N) is 1. The highest BCUT2D eigenvalue weighted by Crippen LogP contribution is 2.35. The first kappa shape index (κ1) is 13.1. The summed E-state index contributed by atoms with van der Waals surface area (Å²) < 4.78 is 58.9. The first-order chi connectivity index (χ1) is 7.07. The summed E-state index contributed by atoms with van der Waals surface area (Å²) in [5, 5.41) is -0.0861. The maximum absolute atomic E-state index is 12.2. The lowest BCUT2D eigenvalue weighted by Crippen LogP contribution is -2.24. The van der Waals surface area contributed by atoms with Crippen molar-refractivity contribution < 1.29 is 21.6 Å². The Morgan fingerprint density at radius 3 is 2.25 bits per heavy atom. The van der Waals surface area contributed by atoms with Crippen molar-refractivity contribution in [1.29, 1.82) is 0 Å². The van der Waals surface area contributed by atoms with E-state index in [9.17, 15) is 21.6 Å². The van der Waals surface area contributed by atoms with Crippen molar-refractivity contribution in [2.45, 2.75) is 17.3 Å². The van der Waals surface area contributed by atoms with Gasteiger partial charge >= 0.3 is 5.51 Å². The second-order valence-corrected chi connectivity index (χ2v) is 5.41. The number of aryl methyl sites for hydroxylation is 1. The van der Waals surface area contributed by atoms with Gasteiger partial charge in [0.1, 0.15) is 4.90 Å². The van der Waals surface area contributed by atoms with Gasteiger partial charge in [0.05, 0.1) is 5.69 Å². The molecule has 0 aliphatic rings. The molecule has 0 aliphatic carbocycles. The zero-order valence-electron chi connectivity index (χ0n) is 7.97. The van der Waals surface area contributed by atoms with Gasteiger partial charge in [0.2, 0.25) is 0 Å². The molecule has 8 heteroatoms. The van der Waals surface area contributed by atoms with E-state index in [4.69, 9.17) is 17.3 Å². The molecule has 0 spiro atoms. The maximum atomic E-state index is 12.2. The largest absolute Gasteiger partial charge is 0.501 e. The van der Waals surface area contributed by atoms with Crippen LogP contribution in [0.5, 0.6) is 0 Å². The van der Waals surface area contributed by atoms with Crippen LogP contribution in [0.15, 0.2) is 17.0 Å². The molecule has 0 bridgehead atoms. The van der Waals surface area contributed by atoms with Gasteiger partial charge in [-0.2, -0.15) is 13.2 Å². The first-order valence-electron chi connectivity index (χ1n) is 3.94. The van der Waals surface area contributed by atoms with Crippen molar-refractivity contribution in [2.24, 2.45) is 0 Å². The first-order valence-corrected chi connectivity index (χ1v) is 5.80. The summed E-state index contributed by atoms with van der Waals surface area (Å²) in [5.41, 5.74) is -0.224. The molecular formula is C8H7ClF3NO2S. The molecule has 0 aromatic heterocycles. The summed E-state index contributed by atoms with van der Waals surface area (Å²) in [5.74, 6) is 0. The molecule has 0 saturated heterocycles. The van der Waals surface area contributed by atoms with Gasteiger partial charge in [-0.25, -0.2) is 8.42 Å². The predicted molar refractivity (Wildman–Crippen MR) is 53.8 cm³/mol. The molecule has 2 N–H and O–H groups in total. The molecule has 1 rings (SSSR count). The number of benzene rings is 1. The van der Waals surface area contributed by atoms with Crippen molar-refractivity contribution in [3.63, 3.8) is 0 Å². The summed E-state index contributed by atoms with van der Waals surface area (Å²) >= 11 is 5.55. The lowest BCUT2D eigenvalue weighted by molar-refractivity contribution is -0.0435. The van der Waals surface area contributed by atoms with Crippen LogP contribution < -0.4 is 5.73 Å². The fourth-order valence-electron chi connectivity index (χ4n) is 1.04. The summed E-state index contributed by atoms with van der Waals surface area (Å²) in [7, 11) is -5.46. The number of hydrogen-bond acceptors (Lipinski definition) is 3. The molecule has 0 heterocycles. The highest BCUT2D eigenvalue weighted by atomic mass is 35.5. The Bertz CT molecular complexity index is 525. The Kier molecular flexibility index (Phi) is 3.13. The van der Waals surface area contributed by atoms with E-state index in [-0.39, 0.29) is 5.02 Å². The van der Waals surface area contributed by atoms with Crippen LogP contribution in [0.3, 0.4) is 0 Å². The van der Waals surface area contributed by atoms with Crippen LogP contribution in [0.1, 0.15) is 5.56 Å². The second kappa shape index (κ2) is 3.81. The van der Waals surface area contributed by atoms with Crippen LogP contribution in [-0.4, -0.2) is 13.9 Å². The van der Waals surface area contributed by atoms with Crippen molar-refractivity contribution in [3.8, 4) is 0 Å². The normalized spacial score (nSPS) is 12.8. The molecule has 0 radical (unpaired) electrons. The zero-order chi connectivity index (χ0) is 12.7. The van der Waals surface area contributed by atoms with E-state index < -0.39 is 25.9 Å². The van der Waals surface area contributed by atoms with Crippen LogP contribution >= 0.6 is 11.6 Å². The Morgan fingerprint density at radius 1 is 1.31 bits per heavy atom. The maximum Gasteiger partial charge on any atom is 0.501 e. The minimum atomic E-state index is -5.46. The van der Waals surface area contributed by atoms with E-state index in [1.165, 1.54) is 6.92 Å². The Morgan fingerprint density at radius 2 is 1.81 bits per heavy atom. The van der Waals surface area contributed by atoms with Gasteiger partial charge < -0.3 is 5.73 Å². The van der Waals surface area contributed by atoms with Gasteiger partial charge in [0, 0.05) is 5.02 Å². The molecule has 0 amide bonds. The number of rotatable bonds is 1. The molecule has 90 valence electrons. The smallest absolute Gasteiger partial charge is 0.398 e. The third-order valence-corrected chi connectivity index (χ3v) is 3.83. The molecule has 0 atom stereocenters. The fraction of sp³-hybridized carbons (Fsp3) is 0.250. The van der Waals surface area contributed by atoms with Crippen LogP contribution in [0.4, 0.5) is 18.9 Å². The summed E-state index contributed by atoms with van der Waals surface area (Å²) in [6.45, 7) is 1.50. The number of halogens is 4. The highest BCUT2D eigenvalue weighted by Gasteiger charge is 2.47. The summed E-state index contributed by atoms with van der Waals surface area (Å²) in [6.07, 6.45) is 0. The minimum Gasteiger partial charge on any atom is -0.398 e. The van der Waals surface area contributed by atoms with Crippen molar-refractivity contribution in [3.05, 3.63) is 22.7 Å². The second-order valence-electron chi connectivity index (χ2n) is 3.09. The molecule has 0 fully saturated rings. The zero-order valence-corrected chi connectivity index (χ0v) is 9.54. The average molecular weight is 274 g/mol. The van der Waals surface area contributed by atoms with E-state index in [2.05, 4.69) is 0 Å². The molecule has 0 saturated carbocycles. The molecule has 16 heavy (non-hydrogen) atoms. The predicted octanol–water partition coefficient (Wildman–Crippen LogP) is 2.52. The molecule has 3 nitrogen and oxygen atoms in total. The van der Waals surface area contributed by atoms with E-state index in [0.29, 0.717) is 11.6 Å². The standard InChI is InChI=1S/C8H7ClF3NO2S/c1-4-2-6(13)7(3-5(4)9)16(14,15)8(10,11)12/h2-3H,13H2,1H3. The fourth-order valence-corrected chi connectivity index (χ4v) is 2.16. The number of nitrogen functional groups attached to an aromatic ring is 1. The number of alkyl halides is 3. The molecule has 0 aliphatic heterocycles. The SMILES string of the molecule is Cc1cc(N)c(S(=O)(=O)C(F)(F)F)cc1Cl. The summed E-state index contributed by atoms with van der Waals surface area (Å²) in [4.78, 5) is -1.02. The van der Waals surface area contributed by atoms with Crippen molar-refractivity contribution in [2.75, 3.05) is 5.73 Å². The molecule has 1 aromatic rings. The van der Waals surface area contributed by atoms with Gasteiger partial charge in [0.15, 0.2) is 0 Å². The topological polar surface area (TPSA) is 60.2 Å². The third-order valence-electron chi connectivity index (χ3n) is 1.89. The van der Waals surface area contributed by atoms with Gasteiger partial charge in [-0.05, 0) is 24.6 Å². The van der Waals surface area contributed by atoms with Crippen molar-refractivity contribution in [1.82, 2.24) is 0 Å². The average Bonchev–Trinajstić information content (AvgIpc) is 2.09. The highest BCUT2D eigenvalue weighted by molar-refractivity contribution is 7.92. The van der Waals surface area contributed by atoms with E-state index >= 15 is 0 Å². The Hall–Kier alpha value is -0.950. The lowest BCUT2D eigenvalue weighted by atomic mass is 10.2. The van der Waals surface area contributed by atoms with Crippen LogP contribution in [0.2, 0.25) is 5.02 Å². The summed E-state index contributed by atoms with van der Waals surface area (Å²) in [6, 6.07) is 1.79. The van der Waals surface area contributed by atoms with Gasteiger partial charge in [-0.1, -0.05) is 11.6 Å². The number of hydrogen-bond donors (Lipinski definition) is 1. The van der Waals surface area contributed by atoms with Gasteiger partial charge in [0.25, 0.3) is 9.84 Å². The van der Waals surface area contributed by atoms with Gasteiger partial charge in [-0.3, -0.25) is 0 Å². The number of anilines is 1. The Balaban J connectivity index is 3.53. The molecular weight excluding hydrogens is 267 g/mol. The lowest BCUT2D eigenvalue weighted by Gasteiger charge is -2.11.